The predicted octanol–water partition coefficient (Wildman–Crippen LogP) is 3.35. The number of aliphatic carboxylic acids is 1. The predicted molar refractivity (Wildman–Crippen MR) is 93.0 cm³/mol. The van der Waals surface area contributed by atoms with Crippen molar-refractivity contribution >= 4 is 17.6 Å². The molecule has 0 aliphatic heterocycles. The number of aryl methyl sites for hydroxylation is 3. The van der Waals surface area contributed by atoms with E-state index in [4.69, 9.17) is 9.84 Å². The average Bonchev–Trinajstić information content (AvgIpc) is 2.51. The average molecular weight is 327 g/mol. The van der Waals surface area contributed by atoms with Crippen LogP contribution in [0.4, 0.5) is 5.69 Å². The first kappa shape index (κ1) is 17.5. The number of carboxylic acids is 1. The summed E-state index contributed by atoms with van der Waals surface area (Å²) < 4.78 is 5.10. The maximum absolute atomic E-state index is 12.8. The van der Waals surface area contributed by atoms with E-state index in [2.05, 4.69) is 0 Å². The Balaban J connectivity index is 2.21. The van der Waals surface area contributed by atoms with Crippen LogP contribution in [0.25, 0.3) is 0 Å². The number of anilines is 1. The van der Waals surface area contributed by atoms with Gasteiger partial charge in [-0.05, 0) is 56.2 Å². The smallest absolute Gasteiger partial charge is 0.341 e. The van der Waals surface area contributed by atoms with Crippen LogP contribution in [-0.2, 0) is 4.79 Å². The van der Waals surface area contributed by atoms with Crippen molar-refractivity contribution < 1.29 is 19.4 Å². The third-order valence-corrected chi connectivity index (χ3v) is 3.78. The second-order valence-corrected chi connectivity index (χ2v) is 5.81. The molecule has 0 unspecified atom stereocenters. The third-order valence-electron chi connectivity index (χ3n) is 3.78. The van der Waals surface area contributed by atoms with E-state index < -0.39 is 12.6 Å². The van der Waals surface area contributed by atoms with Gasteiger partial charge in [-0.2, -0.15) is 0 Å². The number of hydrogen-bond acceptors (Lipinski definition) is 3. The van der Waals surface area contributed by atoms with Crippen LogP contribution in [0.5, 0.6) is 5.75 Å². The lowest BCUT2D eigenvalue weighted by Gasteiger charge is -2.20. The highest BCUT2D eigenvalue weighted by Gasteiger charge is 2.18. The number of benzene rings is 2. The molecule has 0 aromatic heterocycles. The Bertz CT molecular complexity index is 742. The van der Waals surface area contributed by atoms with Gasteiger partial charge in [-0.25, -0.2) is 4.79 Å². The van der Waals surface area contributed by atoms with Crippen molar-refractivity contribution in [1.29, 1.82) is 0 Å². The second-order valence-electron chi connectivity index (χ2n) is 5.81. The summed E-state index contributed by atoms with van der Waals surface area (Å²) >= 11 is 0. The molecule has 0 saturated carbocycles. The van der Waals surface area contributed by atoms with Gasteiger partial charge in [-0.15, -0.1) is 0 Å². The van der Waals surface area contributed by atoms with Crippen LogP contribution in [0.3, 0.4) is 0 Å². The molecule has 126 valence electrons. The molecule has 5 heteroatoms. The Morgan fingerprint density at radius 3 is 2.08 bits per heavy atom. The highest BCUT2D eigenvalue weighted by atomic mass is 16.5. The van der Waals surface area contributed by atoms with Crippen LogP contribution < -0.4 is 9.64 Å². The van der Waals surface area contributed by atoms with E-state index in [1.165, 1.54) is 0 Å². The van der Waals surface area contributed by atoms with Crippen LogP contribution in [-0.4, -0.2) is 30.6 Å². The van der Waals surface area contributed by atoms with Gasteiger partial charge >= 0.3 is 5.97 Å². The molecule has 0 aliphatic rings. The first-order chi connectivity index (χ1) is 11.3. The monoisotopic (exact) mass is 327 g/mol. The van der Waals surface area contributed by atoms with Gasteiger partial charge in [0.25, 0.3) is 5.91 Å². The lowest BCUT2D eigenvalue weighted by atomic mass is 9.98. The van der Waals surface area contributed by atoms with Crippen molar-refractivity contribution in [3.63, 3.8) is 0 Å². The van der Waals surface area contributed by atoms with Crippen molar-refractivity contribution in [2.75, 3.05) is 18.6 Å². The Morgan fingerprint density at radius 2 is 1.58 bits per heavy atom. The normalized spacial score (nSPS) is 10.3. The molecule has 0 aliphatic carbocycles. The summed E-state index contributed by atoms with van der Waals surface area (Å²) in [7, 11) is 1.72. The van der Waals surface area contributed by atoms with Gasteiger partial charge in [0.15, 0.2) is 6.61 Å². The van der Waals surface area contributed by atoms with E-state index in [0.29, 0.717) is 17.0 Å². The van der Waals surface area contributed by atoms with Gasteiger partial charge in [0, 0.05) is 18.3 Å². The summed E-state index contributed by atoms with van der Waals surface area (Å²) in [6, 6.07) is 10.8. The molecule has 0 fully saturated rings. The molecular formula is C19H21NO4. The van der Waals surface area contributed by atoms with Crippen molar-refractivity contribution in [2.24, 2.45) is 0 Å². The second kappa shape index (κ2) is 7.17. The van der Waals surface area contributed by atoms with E-state index in [0.717, 1.165) is 16.7 Å². The van der Waals surface area contributed by atoms with Crippen molar-refractivity contribution in [1.82, 2.24) is 0 Å². The zero-order valence-corrected chi connectivity index (χ0v) is 14.3. The highest BCUT2D eigenvalue weighted by molar-refractivity contribution is 6.07. The van der Waals surface area contributed by atoms with Gasteiger partial charge in [0.05, 0.1) is 0 Å². The maximum atomic E-state index is 12.8. The van der Waals surface area contributed by atoms with E-state index in [1.807, 2.05) is 32.9 Å². The van der Waals surface area contributed by atoms with Crippen molar-refractivity contribution in [2.45, 2.75) is 20.8 Å². The number of amides is 1. The van der Waals surface area contributed by atoms with Gasteiger partial charge in [-0.3, -0.25) is 4.79 Å². The lowest BCUT2D eigenvalue weighted by Crippen LogP contribution is -2.27. The number of rotatable bonds is 5. The zero-order valence-electron chi connectivity index (χ0n) is 14.3. The van der Waals surface area contributed by atoms with Crippen molar-refractivity contribution in [3.05, 3.63) is 58.7 Å². The number of hydrogen-bond donors (Lipinski definition) is 1. The van der Waals surface area contributed by atoms with Gasteiger partial charge < -0.3 is 14.7 Å². The molecular weight excluding hydrogens is 306 g/mol. The Kier molecular flexibility index (Phi) is 5.24. The standard InChI is InChI=1S/C19H21NO4/c1-12-9-13(2)18(14(3)10-12)19(23)20(4)15-5-7-16(8-6-15)24-11-17(21)22/h5-10H,11H2,1-4H3,(H,21,22). The minimum Gasteiger partial charge on any atom is -0.482 e. The van der Waals surface area contributed by atoms with Gasteiger partial charge in [0.1, 0.15) is 5.75 Å². The van der Waals surface area contributed by atoms with Crippen LogP contribution in [0, 0.1) is 20.8 Å². The topological polar surface area (TPSA) is 66.8 Å². The maximum Gasteiger partial charge on any atom is 0.341 e. The molecule has 2 aromatic rings. The SMILES string of the molecule is Cc1cc(C)c(C(=O)N(C)c2ccc(OCC(=O)O)cc2)c(C)c1. The summed E-state index contributed by atoms with van der Waals surface area (Å²) in [6.07, 6.45) is 0. The molecule has 2 aromatic carbocycles. The zero-order chi connectivity index (χ0) is 17.9. The fourth-order valence-corrected chi connectivity index (χ4v) is 2.71. The van der Waals surface area contributed by atoms with E-state index in [-0.39, 0.29) is 5.91 Å². The highest BCUT2D eigenvalue weighted by Crippen LogP contribution is 2.23. The third kappa shape index (κ3) is 3.93. The Labute approximate surface area is 141 Å². The summed E-state index contributed by atoms with van der Waals surface area (Å²) in [5.74, 6) is -0.661. The Hall–Kier alpha value is -2.82. The van der Waals surface area contributed by atoms with Crippen molar-refractivity contribution in [3.8, 4) is 5.75 Å². The molecule has 0 spiro atoms. The Morgan fingerprint density at radius 1 is 1.04 bits per heavy atom. The minimum atomic E-state index is -1.03. The first-order valence-corrected chi connectivity index (χ1v) is 7.60. The molecule has 0 heterocycles. The quantitative estimate of drug-likeness (QED) is 0.914. The van der Waals surface area contributed by atoms with Crippen LogP contribution in [0.15, 0.2) is 36.4 Å². The molecule has 1 N–H and O–H groups in total. The summed E-state index contributed by atoms with van der Waals surface area (Å²) in [5, 5.41) is 8.61. The summed E-state index contributed by atoms with van der Waals surface area (Å²) in [4.78, 5) is 24.9. The first-order valence-electron chi connectivity index (χ1n) is 7.60. The van der Waals surface area contributed by atoms with E-state index in [1.54, 1.807) is 36.2 Å². The molecule has 24 heavy (non-hydrogen) atoms. The molecule has 2 rings (SSSR count). The molecule has 0 atom stereocenters. The van der Waals surface area contributed by atoms with Crippen LogP contribution in [0.1, 0.15) is 27.0 Å². The van der Waals surface area contributed by atoms with Gasteiger partial charge in [0.2, 0.25) is 0 Å². The number of carbonyl (C=O) groups is 2. The molecule has 0 radical (unpaired) electrons. The lowest BCUT2D eigenvalue weighted by molar-refractivity contribution is -0.139. The number of carboxylic acid groups (broad SMARTS) is 1. The van der Waals surface area contributed by atoms with Crippen LogP contribution >= 0.6 is 0 Å². The van der Waals surface area contributed by atoms with Gasteiger partial charge in [-0.1, -0.05) is 17.7 Å². The largest absolute Gasteiger partial charge is 0.482 e. The van der Waals surface area contributed by atoms with E-state index >= 15 is 0 Å². The fourth-order valence-electron chi connectivity index (χ4n) is 2.71. The van der Waals surface area contributed by atoms with Crippen LogP contribution in [0.2, 0.25) is 0 Å². The summed E-state index contributed by atoms with van der Waals surface area (Å²) in [6.45, 7) is 5.48. The summed E-state index contributed by atoms with van der Waals surface area (Å²) in [5.41, 5.74) is 4.44. The number of carbonyl (C=O) groups excluding carboxylic acids is 1. The number of nitrogens with zero attached hydrogens (tertiary/aromatic N) is 1. The molecule has 0 saturated heterocycles. The fraction of sp³-hybridized carbons (Fsp3) is 0.263. The minimum absolute atomic E-state index is 0.0794. The number of ether oxygens (including phenoxy) is 1. The molecule has 1 amide bonds. The molecule has 0 bridgehead atoms. The molecule has 5 nitrogen and oxygen atoms in total. The van der Waals surface area contributed by atoms with E-state index in [9.17, 15) is 9.59 Å².